The number of fused-ring (bicyclic) bond motifs is 1. The van der Waals surface area contributed by atoms with E-state index in [1.807, 2.05) is 24.3 Å². The molecule has 1 unspecified atom stereocenters. The standard InChI is InChI=1S/C14H15N5O/c15-13-11(12(18-19-13)10-6-3-7-20-10)14-16-8-4-1-2-5-9(8)17-14/h1-2,4-5,10H,3,6-7H2,(H,16,17)(H3,15,18,19). The van der Waals surface area contributed by atoms with Gasteiger partial charge in [-0.15, -0.1) is 0 Å². The highest BCUT2D eigenvalue weighted by molar-refractivity contribution is 5.82. The van der Waals surface area contributed by atoms with Crippen molar-refractivity contribution in [1.82, 2.24) is 20.2 Å². The number of para-hydroxylation sites is 2. The average Bonchev–Trinajstić information content (AvgIpc) is 3.16. The Hall–Kier alpha value is -2.34. The molecule has 3 heterocycles. The topological polar surface area (TPSA) is 92.6 Å². The van der Waals surface area contributed by atoms with Crippen molar-refractivity contribution < 1.29 is 4.74 Å². The number of ether oxygens (including phenoxy) is 1. The van der Waals surface area contributed by atoms with E-state index in [4.69, 9.17) is 10.5 Å². The van der Waals surface area contributed by atoms with Crippen molar-refractivity contribution in [3.63, 3.8) is 0 Å². The second-order valence-corrected chi connectivity index (χ2v) is 5.00. The van der Waals surface area contributed by atoms with Crippen LogP contribution < -0.4 is 5.73 Å². The van der Waals surface area contributed by atoms with Crippen LogP contribution in [0.3, 0.4) is 0 Å². The summed E-state index contributed by atoms with van der Waals surface area (Å²) in [6.45, 7) is 0.781. The zero-order valence-corrected chi connectivity index (χ0v) is 10.9. The molecule has 3 aromatic rings. The summed E-state index contributed by atoms with van der Waals surface area (Å²) >= 11 is 0. The lowest BCUT2D eigenvalue weighted by atomic mass is 10.1. The van der Waals surface area contributed by atoms with Gasteiger partial charge in [0.25, 0.3) is 0 Å². The molecule has 6 nitrogen and oxygen atoms in total. The predicted molar refractivity (Wildman–Crippen MR) is 76.0 cm³/mol. The number of benzene rings is 1. The molecule has 0 amide bonds. The van der Waals surface area contributed by atoms with Gasteiger partial charge in [-0.2, -0.15) is 5.10 Å². The number of hydrogen-bond acceptors (Lipinski definition) is 4. The average molecular weight is 269 g/mol. The molecule has 0 spiro atoms. The second kappa shape index (κ2) is 4.35. The number of aromatic amines is 2. The SMILES string of the molecule is Nc1n[nH]c(C2CCCO2)c1-c1nc2ccccc2[nH]1. The number of rotatable bonds is 2. The number of aromatic nitrogens is 4. The molecule has 20 heavy (non-hydrogen) atoms. The molecular formula is C14H15N5O. The van der Waals surface area contributed by atoms with Gasteiger partial charge >= 0.3 is 0 Å². The first kappa shape index (κ1) is 11.5. The largest absolute Gasteiger partial charge is 0.382 e. The molecular weight excluding hydrogens is 254 g/mol. The lowest BCUT2D eigenvalue weighted by molar-refractivity contribution is 0.109. The summed E-state index contributed by atoms with van der Waals surface area (Å²) in [5.74, 6) is 1.19. The van der Waals surface area contributed by atoms with E-state index in [-0.39, 0.29) is 6.10 Å². The fourth-order valence-electron chi connectivity index (χ4n) is 2.73. The van der Waals surface area contributed by atoms with E-state index in [0.717, 1.165) is 47.6 Å². The molecule has 0 radical (unpaired) electrons. The zero-order chi connectivity index (χ0) is 13.5. The van der Waals surface area contributed by atoms with E-state index in [2.05, 4.69) is 20.2 Å². The van der Waals surface area contributed by atoms with Crippen molar-refractivity contribution in [2.45, 2.75) is 18.9 Å². The molecule has 0 saturated carbocycles. The molecule has 0 bridgehead atoms. The molecule has 1 atom stereocenters. The van der Waals surface area contributed by atoms with E-state index in [9.17, 15) is 0 Å². The van der Waals surface area contributed by atoms with Crippen molar-refractivity contribution in [2.24, 2.45) is 0 Å². The van der Waals surface area contributed by atoms with Crippen LogP contribution in [0.25, 0.3) is 22.4 Å². The van der Waals surface area contributed by atoms with Gasteiger partial charge in [-0.3, -0.25) is 5.10 Å². The molecule has 0 aliphatic carbocycles. The van der Waals surface area contributed by atoms with Gasteiger partial charge in [-0.25, -0.2) is 4.98 Å². The summed E-state index contributed by atoms with van der Waals surface area (Å²) < 4.78 is 5.72. The minimum absolute atomic E-state index is 0.0306. The van der Waals surface area contributed by atoms with Gasteiger partial charge < -0.3 is 15.5 Å². The second-order valence-electron chi connectivity index (χ2n) is 5.00. The number of nitrogens with one attached hydrogen (secondary N) is 2. The Bertz CT molecular complexity index is 721. The van der Waals surface area contributed by atoms with Gasteiger partial charge in [0.1, 0.15) is 5.82 Å². The number of anilines is 1. The van der Waals surface area contributed by atoms with E-state index < -0.39 is 0 Å². The molecule has 1 fully saturated rings. The summed E-state index contributed by atoms with van der Waals surface area (Å²) in [6.07, 6.45) is 2.07. The molecule has 1 saturated heterocycles. The number of nitrogens with two attached hydrogens (primary N) is 1. The maximum absolute atomic E-state index is 6.00. The van der Waals surface area contributed by atoms with Crippen LogP contribution in [0.4, 0.5) is 5.82 Å². The van der Waals surface area contributed by atoms with Crippen LogP contribution in [0.1, 0.15) is 24.6 Å². The third-order valence-corrected chi connectivity index (χ3v) is 3.70. The van der Waals surface area contributed by atoms with Gasteiger partial charge in [0, 0.05) is 6.61 Å². The van der Waals surface area contributed by atoms with Gasteiger partial charge in [-0.1, -0.05) is 12.1 Å². The maximum Gasteiger partial charge on any atom is 0.156 e. The van der Waals surface area contributed by atoms with Crippen LogP contribution in [-0.2, 0) is 4.74 Å². The van der Waals surface area contributed by atoms with Crippen LogP contribution in [0.5, 0.6) is 0 Å². The summed E-state index contributed by atoms with van der Waals surface area (Å²) in [7, 11) is 0. The number of imidazole rings is 1. The molecule has 1 aliphatic heterocycles. The molecule has 1 aliphatic rings. The Balaban J connectivity index is 1.86. The van der Waals surface area contributed by atoms with Crippen LogP contribution >= 0.6 is 0 Å². The molecule has 6 heteroatoms. The predicted octanol–water partition coefficient (Wildman–Crippen LogP) is 2.39. The van der Waals surface area contributed by atoms with Gasteiger partial charge in [0.05, 0.1) is 28.4 Å². The van der Waals surface area contributed by atoms with Gasteiger partial charge in [0.15, 0.2) is 5.82 Å². The van der Waals surface area contributed by atoms with Crippen molar-refractivity contribution in [2.75, 3.05) is 12.3 Å². The molecule has 2 aromatic heterocycles. The van der Waals surface area contributed by atoms with Crippen LogP contribution in [0, 0.1) is 0 Å². The minimum atomic E-state index is 0.0306. The minimum Gasteiger partial charge on any atom is -0.382 e. The summed E-state index contributed by atoms with van der Waals surface area (Å²) in [6, 6.07) is 7.90. The highest BCUT2D eigenvalue weighted by Gasteiger charge is 2.26. The smallest absolute Gasteiger partial charge is 0.156 e. The van der Waals surface area contributed by atoms with E-state index in [1.165, 1.54) is 0 Å². The van der Waals surface area contributed by atoms with Crippen molar-refractivity contribution in [3.8, 4) is 11.4 Å². The molecule has 4 N–H and O–H groups in total. The molecule has 4 rings (SSSR count). The van der Waals surface area contributed by atoms with E-state index in [0.29, 0.717) is 5.82 Å². The number of hydrogen-bond donors (Lipinski definition) is 3. The Labute approximate surface area is 115 Å². The van der Waals surface area contributed by atoms with Crippen molar-refractivity contribution in [1.29, 1.82) is 0 Å². The number of nitrogens with zero attached hydrogens (tertiary/aromatic N) is 2. The van der Waals surface area contributed by atoms with Crippen LogP contribution in [0.2, 0.25) is 0 Å². The summed E-state index contributed by atoms with van der Waals surface area (Å²) in [4.78, 5) is 7.89. The summed E-state index contributed by atoms with van der Waals surface area (Å²) in [5, 5.41) is 7.12. The highest BCUT2D eigenvalue weighted by atomic mass is 16.5. The van der Waals surface area contributed by atoms with Crippen molar-refractivity contribution >= 4 is 16.9 Å². The number of H-pyrrole nitrogens is 2. The lowest BCUT2D eigenvalue weighted by Gasteiger charge is -2.08. The third kappa shape index (κ3) is 1.69. The van der Waals surface area contributed by atoms with Crippen LogP contribution in [-0.4, -0.2) is 26.8 Å². The number of nitrogen functional groups attached to an aromatic ring is 1. The zero-order valence-electron chi connectivity index (χ0n) is 10.9. The van der Waals surface area contributed by atoms with E-state index in [1.54, 1.807) is 0 Å². The Morgan fingerprint density at radius 1 is 1.30 bits per heavy atom. The van der Waals surface area contributed by atoms with Gasteiger partial charge in [0.2, 0.25) is 0 Å². The molecule has 102 valence electrons. The fraction of sp³-hybridized carbons (Fsp3) is 0.286. The lowest BCUT2D eigenvalue weighted by Crippen LogP contribution is -1.99. The Morgan fingerprint density at radius 3 is 3.00 bits per heavy atom. The molecule has 1 aromatic carbocycles. The fourth-order valence-corrected chi connectivity index (χ4v) is 2.73. The Kier molecular flexibility index (Phi) is 2.50. The van der Waals surface area contributed by atoms with Crippen molar-refractivity contribution in [3.05, 3.63) is 30.0 Å². The first-order valence-corrected chi connectivity index (χ1v) is 6.73. The maximum atomic E-state index is 6.00. The van der Waals surface area contributed by atoms with E-state index >= 15 is 0 Å². The first-order chi connectivity index (χ1) is 9.83. The van der Waals surface area contributed by atoms with Gasteiger partial charge in [-0.05, 0) is 25.0 Å². The quantitative estimate of drug-likeness (QED) is 0.666. The highest BCUT2D eigenvalue weighted by Crippen LogP contribution is 2.36. The summed E-state index contributed by atoms with van der Waals surface area (Å²) in [5.41, 5.74) is 9.65. The Morgan fingerprint density at radius 2 is 2.20 bits per heavy atom. The third-order valence-electron chi connectivity index (χ3n) is 3.70. The monoisotopic (exact) mass is 269 g/mol. The van der Waals surface area contributed by atoms with Crippen LogP contribution in [0.15, 0.2) is 24.3 Å². The normalized spacial score (nSPS) is 18.9. The first-order valence-electron chi connectivity index (χ1n) is 6.73.